The molecule has 5 aromatic rings. The molecule has 0 aliphatic heterocycles. The van der Waals surface area contributed by atoms with E-state index in [-0.39, 0.29) is 11.8 Å². The molecule has 1 saturated carbocycles. The van der Waals surface area contributed by atoms with Crippen LogP contribution in [-0.4, -0.2) is 31.1 Å². The fourth-order valence-corrected chi connectivity index (χ4v) is 4.51. The van der Waals surface area contributed by atoms with E-state index < -0.39 is 0 Å². The van der Waals surface area contributed by atoms with E-state index in [0.717, 1.165) is 68.6 Å². The van der Waals surface area contributed by atoms with Gasteiger partial charge in [-0.25, -0.2) is 4.98 Å². The molecule has 182 valence electrons. The Morgan fingerprint density at radius 3 is 2.78 bits per heavy atom. The molecule has 37 heavy (non-hydrogen) atoms. The first kappa shape index (κ1) is 22.7. The van der Waals surface area contributed by atoms with Gasteiger partial charge in [-0.2, -0.15) is 5.10 Å². The Kier molecular flexibility index (Phi) is 5.73. The standard InChI is InChI=1S/C30H26N6O/c1-3-18(15-21(4-2)32-30(37)19-10-11-19)24-12-13-26-28(34-24)29(36-35-26)27-16-23-22(8-5-9-25(23)33-27)20-7-6-14-31-17-20/h3-9,12-17,19,33H,2,10-11H2,1H3,(H,32,37)(H,35,36)/b18-3+,21-15+. The van der Waals surface area contributed by atoms with Gasteiger partial charge in [0.05, 0.1) is 16.9 Å². The number of benzene rings is 1. The lowest BCUT2D eigenvalue weighted by Crippen LogP contribution is -2.23. The lowest BCUT2D eigenvalue weighted by atomic mass is 10.0. The number of carbonyl (C=O) groups excluding carboxylic acids is 1. The normalized spacial score (nSPS) is 14.3. The van der Waals surface area contributed by atoms with Gasteiger partial charge in [0, 0.05) is 40.5 Å². The van der Waals surface area contributed by atoms with Gasteiger partial charge in [-0.3, -0.25) is 14.9 Å². The number of nitrogens with one attached hydrogen (secondary N) is 3. The number of fused-ring (bicyclic) bond motifs is 2. The van der Waals surface area contributed by atoms with Gasteiger partial charge in [0.2, 0.25) is 5.91 Å². The number of hydrogen-bond acceptors (Lipinski definition) is 4. The number of aromatic amines is 2. The second-order valence-corrected chi connectivity index (χ2v) is 9.17. The molecule has 3 N–H and O–H groups in total. The lowest BCUT2D eigenvalue weighted by molar-refractivity contribution is -0.121. The summed E-state index contributed by atoms with van der Waals surface area (Å²) in [6, 6.07) is 16.2. The van der Waals surface area contributed by atoms with Gasteiger partial charge in [0.1, 0.15) is 11.2 Å². The van der Waals surface area contributed by atoms with Crippen LogP contribution in [0.2, 0.25) is 0 Å². The molecule has 1 aliphatic carbocycles. The number of nitrogens with zero attached hydrogens (tertiary/aromatic N) is 3. The molecule has 7 nitrogen and oxygen atoms in total. The number of hydrogen-bond donors (Lipinski definition) is 3. The molecule has 0 saturated heterocycles. The molecule has 4 aromatic heterocycles. The zero-order valence-corrected chi connectivity index (χ0v) is 20.5. The molecular weight excluding hydrogens is 460 g/mol. The summed E-state index contributed by atoms with van der Waals surface area (Å²) in [6.07, 6.45) is 11.1. The van der Waals surface area contributed by atoms with Crippen LogP contribution in [-0.2, 0) is 4.79 Å². The summed E-state index contributed by atoms with van der Waals surface area (Å²) in [5.74, 6) is 0.168. The van der Waals surface area contributed by atoms with Crippen LogP contribution in [0.25, 0.3) is 50.0 Å². The van der Waals surface area contributed by atoms with Crippen molar-refractivity contribution in [2.45, 2.75) is 19.8 Å². The van der Waals surface area contributed by atoms with Crippen molar-refractivity contribution in [2.75, 3.05) is 0 Å². The van der Waals surface area contributed by atoms with Gasteiger partial charge in [-0.1, -0.05) is 30.9 Å². The smallest absolute Gasteiger partial charge is 0.227 e. The van der Waals surface area contributed by atoms with E-state index in [0.29, 0.717) is 5.70 Å². The molecule has 0 unspecified atom stereocenters. The van der Waals surface area contributed by atoms with Crippen molar-refractivity contribution in [3.8, 4) is 22.5 Å². The van der Waals surface area contributed by atoms with Crippen molar-refractivity contribution in [1.29, 1.82) is 0 Å². The zero-order chi connectivity index (χ0) is 25.4. The van der Waals surface area contributed by atoms with E-state index in [1.165, 1.54) is 0 Å². The third kappa shape index (κ3) is 4.36. The molecule has 0 bridgehead atoms. The highest BCUT2D eigenvalue weighted by atomic mass is 16.2. The highest BCUT2D eigenvalue weighted by molar-refractivity contribution is 6.00. The first-order valence-electron chi connectivity index (χ1n) is 12.3. The van der Waals surface area contributed by atoms with Gasteiger partial charge in [0.25, 0.3) is 0 Å². The molecule has 0 atom stereocenters. The monoisotopic (exact) mass is 486 g/mol. The Hall–Kier alpha value is -4.78. The van der Waals surface area contributed by atoms with E-state index in [4.69, 9.17) is 4.98 Å². The SMILES string of the molecule is C=C/C(=C\C(=C/C)c1ccc2[nH]nc(-c3cc4c(-c5cccnc5)cccc4[nH]3)c2n1)NC(=O)C1CC1. The summed E-state index contributed by atoms with van der Waals surface area (Å²) in [5.41, 5.74) is 8.74. The van der Waals surface area contributed by atoms with Crippen molar-refractivity contribution in [3.63, 3.8) is 0 Å². The summed E-state index contributed by atoms with van der Waals surface area (Å²) in [7, 11) is 0. The summed E-state index contributed by atoms with van der Waals surface area (Å²) < 4.78 is 0. The Labute approximate surface area is 214 Å². The molecule has 1 aromatic carbocycles. The number of carbonyl (C=O) groups is 1. The minimum atomic E-state index is 0.0478. The zero-order valence-electron chi connectivity index (χ0n) is 20.5. The molecule has 1 fully saturated rings. The van der Waals surface area contributed by atoms with E-state index >= 15 is 0 Å². The summed E-state index contributed by atoms with van der Waals surface area (Å²) >= 11 is 0. The summed E-state index contributed by atoms with van der Waals surface area (Å²) in [5, 5.41) is 11.8. The number of amides is 1. The minimum absolute atomic E-state index is 0.0478. The maximum Gasteiger partial charge on any atom is 0.227 e. The number of aromatic nitrogens is 5. The van der Waals surface area contributed by atoms with Gasteiger partial charge >= 0.3 is 0 Å². The Morgan fingerprint density at radius 2 is 2.03 bits per heavy atom. The summed E-state index contributed by atoms with van der Waals surface area (Å²) in [4.78, 5) is 25.0. The predicted octanol–water partition coefficient (Wildman–Crippen LogP) is 6.17. The van der Waals surface area contributed by atoms with Gasteiger partial charge in [-0.05, 0) is 73.4 Å². The van der Waals surface area contributed by atoms with Crippen molar-refractivity contribution in [1.82, 2.24) is 30.5 Å². The quantitative estimate of drug-likeness (QED) is 0.240. The van der Waals surface area contributed by atoms with Gasteiger partial charge < -0.3 is 10.3 Å². The van der Waals surface area contributed by atoms with E-state index in [9.17, 15) is 4.79 Å². The average Bonchev–Trinajstić information content (AvgIpc) is 3.57. The first-order valence-corrected chi connectivity index (χ1v) is 12.3. The van der Waals surface area contributed by atoms with Crippen LogP contribution in [0, 0.1) is 5.92 Å². The molecule has 0 radical (unpaired) electrons. The second-order valence-electron chi connectivity index (χ2n) is 9.17. The summed E-state index contributed by atoms with van der Waals surface area (Å²) in [6.45, 7) is 5.82. The van der Waals surface area contributed by atoms with Crippen LogP contribution >= 0.6 is 0 Å². The van der Waals surface area contributed by atoms with E-state index in [2.05, 4.69) is 56.3 Å². The van der Waals surface area contributed by atoms with Crippen LogP contribution in [0.3, 0.4) is 0 Å². The second kappa shape index (κ2) is 9.35. The fraction of sp³-hybridized carbons (Fsp3) is 0.133. The number of H-pyrrole nitrogens is 2. The Bertz CT molecular complexity index is 1700. The van der Waals surface area contributed by atoms with Crippen LogP contribution < -0.4 is 5.32 Å². The van der Waals surface area contributed by atoms with Crippen LogP contribution in [0.5, 0.6) is 0 Å². The Balaban J connectivity index is 1.39. The molecule has 7 heteroatoms. The Morgan fingerprint density at radius 1 is 1.14 bits per heavy atom. The van der Waals surface area contributed by atoms with Crippen LogP contribution in [0.4, 0.5) is 0 Å². The van der Waals surface area contributed by atoms with Crippen molar-refractivity contribution < 1.29 is 4.79 Å². The molecule has 1 aliphatic rings. The van der Waals surface area contributed by atoms with Crippen LogP contribution in [0.15, 0.2) is 91.4 Å². The van der Waals surface area contributed by atoms with Gasteiger partial charge in [0.15, 0.2) is 0 Å². The number of pyridine rings is 2. The number of rotatable bonds is 7. The van der Waals surface area contributed by atoms with Crippen molar-refractivity contribution in [3.05, 3.63) is 97.1 Å². The molecule has 1 amide bonds. The molecule has 0 spiro atoms. The van der Waals surface area contributed by atoms with Crippen LogP contribution in [0.1, 0.15) is 25.5 Å². The van der Waals surface area contributed by atoms with E-state index in [1.807, 2.05) is 49.5 Å². The third-order valence-electron chi connectivity index (χ3n) is 6.65. The maximum atomic E-state index is 12.3. The van der Waals surface area contributed by atoms with Crippen molar-refractivity contribution in [2.24, 2.45) is 5.92 Å². The highest BCUT2D eigenvalue weighted by Crippen LogP contribution is 2.34. The van der Waals surface area contributed by atoms with E-state index in [1.54, 1.807) is 12.3 Å². The predicted molar refractivity (Wildman–Crippen MR) is 147 cm³/mol. The maximum absolute atomic E-state index is 12.3. The largest absolute Gasteiger partial charge is 0.353 e. The first-order chi connectivity index (χ1) is 18.1. The third-order valence-corrected chi connectivity index (χ3v) is 6.65. The minimum Gasteiger partial charge on any atom is -0.353 e. The number of allylic oxidation sites excluding steroid dienone is 4. The average molecular weight is 487 g/mol. The molecule has 4 heterocycles. The fourth-order valence-electron chi connectivity index (χ4n) is 4.51. The lowest BCUT2D eigenvalue weighted by Gasteiger charge is -2.08. The topological polar surface area (TPSA) is 99.3 Å². The van der Waals surface area contributed by atoms with Gasteiger partial charge in [-0.15, -0.1) is 0 Å². The molecular formula is C30H26N6O. The van der Waals surface area contributed by atoms with Crippen molar-refractivity contribution >= 4 is 33.4 Å². The molecule has 6 rings (SSSR count). The highest BCUT2D eigenvalue weighted by Gasteiger charge is 2.29.